The first-order valence-corrected chi connectivity index (χ1v) is 26.0. The van der Waals surface area contributed by atoms with E-state index in [1.165, 1.54) is 41.8 Å². The number of hydrogen-bond acceptors (Lipinski definition) is 9. The van der Waals surface area contributed by atoms with Crippen LogP contribution in [0.3, 0.4) is 0 Å². The highest BCUT2D eigenvalue weighted by molar-refractivity contribution is 6.45. The summed E-state index contributed by atoms with van der Waals surface area (Å²) < 4.78 is 36.8. The number of Topliss-reactive ketones (excluding diaryl/α,β-unsaturated/α-hetero) is 1. The number of nitrogens with zero attached hydrogens (tertiary/aromatic N) is 5. The summed E-state index contributed by atoms with van der Waals surface area (Å²) in [6.45, 7) is 15.1. The molecule has 0 spiro atoms. The molecule has 4 saturated heterocycles. The predicted octanol–water partition coefficient (Wildman–Crippen LogP) is 8.82. The number of piperazine rings is 2. The first-order valence-electron chi connectivity index (χ1n) is 25.3. The van der Waals surface area contributed by atoms with E-state index in [1.54, 1.807) is 43.4 Å². The minimum absolute atomic E-state index is 0.0334. The highest BCUT2D eigenvalue weighted by Crippen LogP contribution is 2.31. The van der Waals surface area contributed by atoms with Gasteiger partial charge >= 0.3 is 0 Å². The van der Waals surface area contributed by atoms with Crippen LogP contribution in [0.2, 0.25) is 10.0 Å². The van der Waals surface area contributed by atoms with Crippen LogP contribution in [-0.4, -0.2) is 161 Å². The van der Waals surface area contributed by atoms with Gasteiger partial charge in [0.2, 0.25) is 0 Å². The van der Waals surface area contributed by atoms with E-state index in [-0.39, 0.29) is 69.9 Å². The Hall–Kier alpha value is -5.72. The van der Waals surface area contributed by atoms with E-state index in [0.717, 1.165) is 48.2 Å². The second-order valence-corrected chi connectivity index (χ2v) is 20.8. The summed E-state index contributed by atoms with van der Waals surface area (Å²) in [6, 6.07) is 22.1. The van der Waals surface area contributed by atoms with Crippen molar-refractivity contribution in [3.63, 3.8) is 0 Å². The van der Waals surface area contributed by atoms with Gasteiger partial charge in [-0.2, -0.15) is 0 Å². The van der Waals surface area contributed by atoms with Crippen molar-refractivity contribution in [2.24, 2.45) is 0 Å². The molecule has 10 rings (SSSR count). The number of methoxy groups -OCH3 is 2. The first-order chi connectivity index (χ1) is 35.5. The van der Waals surface area contributed by atoms with E-state index in [1.807, 2.05) is 48.4 Å². The molecule has 3 amide bonds. The number of halogens is 4. The summed E-state index contributed by atoms with van der Waals surface area (Å²) in [5.41, 5.74) is 4.63. The van der Waals surface area contributed by atoms with Gasteiger partial charge in [-0.25, -0.2) is 8.78 Å². The molecule has 18 heteroatoms. The van der Waals surface area contributed by atoms with Gasteiger partial charge in [-0.3, -0.25) is 29.0 Å². The van der Waals surface area contributed by atoms with Crippen LogP contribution in [0.5, 0.6) is 0 Å². The Kier molecular flexibility index (Phi) is 17.9. The van der Waals surface area contributed by atoms with Gasteiger partial charge in [0.15, 0.2) is 0 Å². The molecule has 0 saturated carbocycles. The molecule has 4 aromatic carbocycles. The number of benzene rings is 4. The van der Waals surface area contributed by atoms with Crippen LogP contribution in [0.1, 0.15) is 82.7 Å². The van der Waals surface area contributed by atoms with E-state index >= 15 is 0 Å². The highest BCUT2D eigenvalue weighted by Gasteiger charge is 2.36. The quantitative estimate of drug-likeness (QED) is 0.0906. The van der Waals surface area contributed by atoms with Crippen LogP contribution in [0.25, 0.3) is 21.8 Å². The molecule has 0 radical (unpaired) electrons. The Morgan fingerprint density at radius 2 is 1.16 bits per heavy atom. The van der Waals surface area contributed by atoms with Crippen LogP contribution in [0.15, 0.2) is 91.3 Å². The summed E-state index contributed by atoms with van der Waals surface area (Å²) in [4.78, 5) is 69.0. The number of ketones is 1. The van der Waals surface area contributed by atoms with Crippen LogP contribution >= 0.6 is 23.2 Å². The molecule has 4 aliphatic heterocycles. The molecule has 4 fully saturated rings. The molecule has 4 aliphatic rings. The smallest absolute Gasteiger partial charge is 0.295 e. The lowest BCUT2D eigenvalue weighted by Gasteiger charge is -2.44. The van der Waals surface area contributed by atoms with Gasteiger partial charge in [-0.15, -0.1) is 0 Å². The zero-order valence-corrected chi connectivity index (χ0v) is 44.3. The van der Waals surface area contributed by atoms with E-state index in [4.69, 9.17) is 32.7 Å². The number of rotatable bonds is 10. The van der Waals surface area contributed by atoms with Crippen LogP contribution in [-0.2, 0) is 27.4 Å². The van der Waals surface area contributed by atoms with Crippen LogP contribution in [0.4, 0.5) is 8.78 Å². The Morgan fingerprint density at radius 1 is 0.622 bits per heavy atom. The molecule has 0 aliphatic carbocycles. The normalized spacial score (nSPS) is 22.4. The number of carbonyl (C=O) groups excluding carboxylic acids is 4. The number of aromatic amines is 2. The van der Waals surface area contributed by atoms with E-state index < -0.39 is 11.7 Å². The highest BCUT2D eigenvalue weighted by atomic mass is 35.5. The van der Waals surface area contributed by atoms with Gasteiger partial charge in [-0.1, -0.05) is 47.5 Å². The van der Waals surface area contributed by atoms with Crippen molar-refractivity contribution in [2.75, 3.05) is 66.6 Å². The van der Waals surface area contributed by atoms with E-state index in [9.17, 15) is 28.0 Å². The van der Waals surface area contributed by atoms with Gasteiger partial charge in [0, 0.05) is 131 Å². The molecule has 6 aromatic rings. The second kappa shape index (κ2) is 24.3. The average molecular weight is 1060 g/mol. The summed E-state index contributed by atoms with van der Waals surface area (Å²) >= 11 is 13.0. The minimum atomic E-state index is -0.630. The topological polar surface area (TPSA) is 147 Å². The maximum absolute atomic E-state index is 13.7. The number of aromatic nitrogens is 2. The average Bonchev–Trinajstić information content (AvgIpc) is 4.25. The summed E-state index contributed by atoms with van der Waals surface area (Å²) in [5, 5.41) is 5.40. The van der Waals surface area contributed by atoms with E-state index in [0.29, 0.717) is 73.3 Å². The fourth-order valence-electron chi connectivity index (χ4n) is 10.3. The van der Waals surface area contributed by atoms with Gasteiger partial charge in [-0.05, 0) is 113 Å². The molecule has 6 heterocycles. The molecule has 0 unspecified atom stereocenters. The van der Waals surface area contributed by atoms with Gasteiger partial charge in [0.05, 0.1) is 38.9 Å². The fourth-order valence-corrected chi connectivity index (χ4v) is 10.8. The van der Waals surface area contributed by atoms with Gasteiger partial charge < -0.3 is 39.5 Å². The Morgan fingerprint density at radius 3 is 1.66 bits per heavy atom. The van der Waals surface area contributed by atoms with Gasteiger partial charge in [0.1, 0.15) is 11.6 Å². The number of carbonyl (C=O) groups is 4. The zero-order valence-electron chi connectivity index (χ0n) is 42.8. The first kappa shape index (κ1) is 54.5. The van der Waals surface area contributed by atoms with Crippen molar-refractivity contribution in [3.8, 4) is 0 Å². The number of likely N-dealkylation sites (tertiary alicyclic amines) is 1. The molecule has 74 heavy (non-hydrogen) atoms. The Labute approximate surface area is 441 Å². The molecule has 14 nitrogen and oxygen atoms in total. The largest absolute Gasteiger partial charge is 0.380 e. The van der Waals surface area contributed by atoms with Crippen molar-refractivity contribution in [1.29, 1.82) is 0 Å². The van der Waals surface area contributed by atoms with Crippen molar-refractivity contribution >= 4 is 68.5 Å². The summed E-state index contributed by atoms with van der Waals surface area (Å²) in [5.74, 6) is -1.97. The lowest BCUT2D eigenvalue weighted by atomic mass is 10.0. The number of ether oxygens (including phenoxy) is 2. The molecule has 394 valence electrons. The fraction of sp³-hybridized carbons (Fsp3) is 0.429. The van der Waals surface area contributed by atoms with Gasteiger partial charge in [0.25, 0.3) is 23.5 Å². The summed E-state index contributed by atoms with van der Waals surface area (Å²) in [7, 11) is 3.35. The van der Waals surface area contributed by atoms with Crippen molar-refractivity contribution in [3.05, 3.63) is 141 Å². The monoisotopic (exact) mass is 1050 g/mol. The lowest BCUT2D eigenvalue weighted by Crippen LogP contribution is -2.57. The Balaban J connectivity index is 0.000000181. The number of H-pyrrole nitrogens is 2. The third-order valence-corrected chi connectivity index (χ3v) is 15.4. The molecular weight excluding hydrogens is 990 g/mol. The predicted molar refractivity (Wildman–Crippen MR) is 285 cm³/mol. The number of hydrogen-bond donors (Lipinski definition) is 3. The van der Waals surface area contributed by atoms with Crippen LogP contribution in [0, 0.1) is 11.6 Å². The van der Waals surface area contributed by atoms with Crippen LogP contribution < -0.4 is 5.32 Å². The number of fused-ring (bicyclic) bond motifs is 2. The number of nitrogens with one attached hydrogen (secondary N) is 3. The minimum Gasteiger partial charge on any atom is -0.380 e. The van der Waals surface area contributed by atoms with E-state index in [2.05, 4.69) is 45.9 Å². The molecule has 0 bridgehead atoms. The number of amides is 3. The third-order valence-electron chi connectivity index (χ3n) is 14.8. The molecule has 2 aromatic heterocycles. The van der Waals surface area contributed by atoms with Crippen molar-refractivity contribution in [1.82, 2.24) is 39.8 Å². The maximum atomic E-state index is 13.7. The zero-order chi connectivity index (χ0) is 52.8. The standard InChI is InChI=1S/C29H32ClFN4O4.C22H23ClFN3O.C5H11NO/c1-17-14-35(18(2)13-34(17)15-19-4-6-20(31)7-5-19)28(37)23-10-22-24(12-32-26(22)11-25(23)30)27(36)29(38)33-9-8-21(16-33)39-3;1-14-12-27(15(2)11-26(14)13-16-3-5-18(24)6-4-16)22(28)19-9-17-7-8-25-21(17)10-20(19)23;1-7-5-2-3-6-4-5/h4-7,10-12,17-18,21,32H,8-9,13-16H2,1-3H3;3-10,14-15,25H,11-13H2,1-2H3;5-6H,2-4H2,1H3/t17-,18+,21+;14-,15+;5-/m001/s1. The second-order valence-electron chi connectivity index (χ2n) is 20.0. The van der Waals surface area contributed by atoms with Crippen molar-refractivity contribution in [2.45, 2.75) is 90.0 Å². The van der Waals surface area contributed by atoms with Crippen molar-refractivity contribution < 1.29 is 37.4 Å². The molecule has 6 atom stereocenters. The molecule has 3 N–H and O–H groups in total. The lowest BCUT2D eigenvalue weighted by molar-refractivity contribution is -0.125. The summed E-state index contributed by atoms with van der Waals surface area (Å²) in [6.07, 6.45) is 5.61. The Bertz CT molecular complexity index is 2930. The SMILES string of the molecule is CO[C@@H]1CCN(C(=O)C(=O)c2c[nH]c3cc(Cl)c(C(=O)N4C[C@H](C)N(Cc5ccc(F)cc5)C[C@H]4C)cc23)C1.CO[C@@H]1CCNC1.C[C@@H]1CN(Cc2ccc(F)cc2)[C@@H](C)CN1C(=O)c1cc2cc[nH]c2cc1Cl. The molecular formula is C56H66Cl2F2N8O6. The third kappa shape index (κ3) is 12.7. The maximum Gasteiger partial charge on any atom is 0.295 e.